The Morgan fingerprint density at radius 3 is 2.50 bits per heavy atom. The lowest BCUT2D eigenvalue weighted by Crippen LogP contribution is -2.41. The van der Waals surface area contributed by atoms with E-state index < -0.39 is 23.6 Å². The van der Waals surface area contributed by atoms with E-state index in [0.29, 0.717) is 43.6 Å². The maximum Gasteiger partial charge on any atom is 0.387 e. The van der Waals surface area contributed by atoms with Gasteiger partial charge in [0.25, 0.3) is 0 Å². The number of fused-ring (bicyclic) bond motifs is 1. The van der Waals surface area contributed by atoms with Crippen LogP contribution in [0.3, 0.4) is 0 Å². The smallest absolute Gasteiger partial charge is 0.387 e. The first-order valence-electron chi connectivity index (χ1n) is 15.9. The normalized spacial score (nSPS) is 21.5. The number of aryl methyl sites for hydroxylation is 1. The number of nitrogens with one attached hydrogen (secondary N) is 2. The molecule has 0 spiro atoms. The number of nitrogens with zero attached hydrogens (tertiary/aromatic N) is 6. The number of imide groups is 1. The number of alkyl halides is 2. The zero-order valence-electron chi connectivity index (χ0n) is 25.9. The van der Waals surface area contributed by atoms with Crippen LogP contribution in [-0.2, 0) is 20.6 Å². The highest BCUT2D eigenvalue weighted by molar-refractivity contribution is 7.82. The number of carbonyl (C=O) groups excluding carboxylic acids is 2. The molecule has 0 radical (unpaired) electrons. The number of likely N-dealkylation sites (tertiary alicyclic amines) is 1. The number of benzene rings is 1. The van der Waals surface area contributed by atoms with Gasteiger partial charge >= 0.3 is 6.61 Å². The Labute approximate surface area is 268 Å². The Kier molecular flexibility index (Phi) is 10.2. The largest absolute Gasteiger partial charge is 0.432 e. The molecule has 46 heavy (non-hydrogen) atoms. The predicted molar refractivity (Wildman–Crippen MR) is 169 cm³/mol. The number of ether oxygens (including phenoxy) is 1. The molecular weight excluding hydrogens is 618 g/mol. The van der Waals surface area contributed by atoms with Crippen molar-refractivity contribution in [2.24, 2.45) is 0 Å². The molecule has 3 aromatic rings. The second-order valence-electron chi connectivity index (χ2n) is 12.2. The van der Waals surface area contributed by atoms with E-state index in [1.165, 1.54) is 18.0 Å². The molecule has 0 bridgehead atoms. The number of hydrogen-bond donors (Lipinski definition) is 2. The standard InChI is InChI=1S/C31H40F2N8O4S/c1-20-36-25-17-22(3-4-26(25)41(20)27-5-6-28(42)38-29(27)43)21-7-12-39(13-8-21)11-2-16-46(44)40-14-9-23(10-15-40)37-31-34-18-24(19-35-31)45-30(32)33/h3-4,17-19,21,23,27,30H,2,5-16H2,1H3,(H,34,35,37)(H,38,42,43). The molecule has 3 aliphatic rings. The van der Waals surface area contributed by atoms with Crippen LogP contribution in [0.2, 0.25) is 0 Å². The number of imidazole rings is 1. The fraction of sp³-hybridized carbons (Fsp3) is 0.581. The molecule has 3 fully saturated rings. The molecule has 5 heterocycles. The molecule has 2 unspecified atom stereocenters. The molecule has 6 rings (SSSR count). The minimum atomic E-state index is -2.91. The third-order valence-electron chi connectivity index (χ3n) is 9.19. The SMILES string of the molecule is Cc1nc2cc(C3CCN(CCCS(=O)N4CCC(Nc5ncc(OC(F)F)cn5)CC4)CC3)ccc2n1C1CCC(=O)NC1=O. The lowest BCUT2D eigenvalue weighted by molar-refractivity contribution is -0.135. The van der Waals surface area contributed by atoms with E-state index >= 15 is 0 Å². The Hall–Kier alpha value is -3.56. The molecule has 2 aromatic heterocycles. The van der Waals surface area contributed by atoms with E-state index in [4.69, 9.17) is 4.98 Å². The van der Waals surface area contributed by atoms with Gasteiger partial charge in [-0.15, -0.1) is 0 Å². The van der Waals surface area contributed by atoms with Gasteiger partial charge in [-0.05, 0) is 88.7 Å². The number of halogens is 2. The number of piperidine rings is 3. The minimum absolute atomic E-state index is 0.0823. The molecule has 3 aliphatic heterocycles. The number of rotatable bonds is 11. The second-order valence-corrected chi connectivity index (χ2v) is 13.8. The first-order valence-corrected chi connectivity index (χ1v) is 17.2. The average Bonchev–Trinajstić information content (AvgIpc) is 3.37. The van der Waals surface area contributed by atoms with E-state index in [0.717, 1.165) is 68.6 Å². The maximum absolute atomic E-state index is 13.0. The third-order valence-corrected chi connectivity index (χ3v) is 10.8. The van der Waals surface area contributed by atoms with Crippen LogP contribution < -0.4 is 15.4 Å². The zero-order valence-corrected chi connectivity index (χ0v) is 26.7. The predicted octanol–water partition coefficient (Wildman–Crippen LogP) is 3.52. The van der Waals surface area contributed by atoms with Gasteiger partial charge in [0.15, 0.2) is 5.75 Å². The lowest BCUT2D eigenvalue weighted by Gasteiger charge is -2.33. The number of amides is 2. The fourth-order valence-corrected chi connectivity index (χ4v) is 8.04. The van der Waals surface area contributed by atoms with E-state index in [2.05, 4.69) is 48.4 Å². The van der Waals surface area contributed by atoms with E-state index in [1.807, 2.05) is 15.8 Å². The van der Waals surface area contributed by atoms with Crippen molar-refractivity contribution < 1.29 is 27.3 Å². The van der Waals surface area contributed by atoms with Crippen LogP contribution in [0.25, 0.3) is 11.0 Å². The van der Waals surface area contributed by atoms with Gasteiger partial charge < -0.3 is 19.5 Å². The van der Waals surface area contributed by atoms with E-state index in [1.54, 1.807) is 0 Å². The highest BCUT2D eigenvalue weighted by Gasteiger charge is 2.31. The summed E-state index contributed by atoms with van der Waals surface area (Å²) in [6, 6.07) is 6.08. The molecule has 2 amide bonds. The lowest BCUT2D eigenvalue weighted by atomic mass is 9.89. The summed E-state index contributed by atoms with van der Waals surface area (Å²) in [5, 5.41) is 5.68. The summed E-state index contributed by atoms with van der Waals surface area (Å²) >= 11 is 0. The van der Waals surface area contributed by atoms with Crippen LogP contribution in [0.4, 0.5) is 14.7 Å². The van der Waals surface area contributed by atoms with Crippen LogP contribution in [0.5, 0.6) is 5.75 Å². The first-order chi connectivity index (χ1) is 22.2. The second kappa shape index (κ2) is 14.5. The van der Waals surface area contributed by atoms with Gasteiger partial charge in [0, 0.05) is 31.3 Å². The van der Waals surface area contributed by atoms with E-state index in [-0.39, 0.29) is 23.6 Å². The molecule has 2 N–H and O–H groups in total. The number of hydrogen-bond acceptors (Lipinski definition) is 9. The van der Waals surface area contributed by atoms with Crippen molar-refractivity contribution in [3.63, 3.8) is 0 Å². The van der Waals surface area contributed by atoms with Gasteiger partial charge in [0.1, 0.15) is 11.9 Å². The van der Waals surface area contributed by atoms with Gasteiger partial charge in [-0.1, -0.05) is 6.07 Å². The molecule has 248 valence electrons. The van der Waals surface area contributed by atoms with Gasteiger partial charge in [-0.3, -0.25) is 14.9 Å². The van der Waals surface area contributed by atoms with Crippen LogP contribution in [0.1, 0.15) is 68.3 Å². The van der Waals surface area contributed by atoms with Crippen molar-refractivity contribution in [1.29, 1.82) is 0 Å². The van der Waals surface area contributed by atoms with E-state index in [9.17, 15) is 22.6 Å². The quantitative estimate of drug-likeness (QED) is 0.297. The van der Waals surface area contributed by atoms with Gasteiger partial charge in [-0.25, -0.2) is 23.5 Å². The summed E-state index contributed by atoms with van der Waals surface area (Å²) < 4.78 is 45.9. The number of carbonyl (C=O) groups is 2. The average molecular weight is 659 g/mol. The van der Waals surface area contributed by atoms with Crippen molar-refractivity contribution >= 4 is 39.8 Å². The molecule has 1 aromatic carbocycles. The molecule has 12 nitrogen and oxygen atoms in total. The Bertz CT molecular complexity index is 1560. The summed E-state index contributed by atoms with van der Waals surface area (Å²) in [7, 11) is -1.03. The summed E-state index contributed by atoms with van der Waals surface area (Å²) in [5.41, 5.74) is 3.07. The van der Waals surface area contributed by atoms with Crippen LogP contribution in [0, 0.1) is 6.92 Å². The highest BCUT2D eigenvalue weighted by atomic mass is 32.2. The molecule has 3 saturated heterocycles. The maximum atomic E-state index is 13.0. The minimum Gasteiger partial charge on any atom is -0.432 e. The molecule has 0 saturated carbocycles. The third kappa shape index (κ3) is 7.69. The summed E-state index contributed by atoms with van der Waals surface area (Å²) in [5.74, 6) is 1.65. The molecular formula is C31H40F2N8O4S. The molecule has 2 atom stereocenters. The van der Waals surface area contributed by atoms with Crippen LogP contribution in [-0.4, -0.2) is 95.9 Å². The summed E-state index contributed by atoms with van der Waals surface area (Å²) in [4.78, 5) is 39.4. The number of anilines is 1. The van der Waals surface area contributed by atoms with Gasteiger partial charge in [-0.2, -0.15) is 8.78 Å². The highest BCUT2D eigenvalue weighted by Crippen LogP contribution is 2.32. The molecule has 15 heteroatoms. The Morgan fingerprint density at radius 2 is 1.80 bits per heavy atom. The van der Waals surface area contributed by atoms with Crippen LogP contribution in [0.15, 0.2) is 30.6 Å². The summed E-state index contributed by atoms with van der Waals surface area (Å²) in [6.07, 6.45) is 7.81. The fourth-order valence-electron chi connectivity index (χ4n) is 6.78. The molecule has 0 aliphatic carbocycles. The van der Waals surface area contributed by atoms with Gasteiger partial charge in [0.05, 0.1) is 34.4 Å². The van der Waals surface area contributed by atoms with Crippen molar-refractivity contribution in [3.05, 3.63) is 42.0 Å². The van der Waals surface area contributed by atoms with Crippen molar-refractivity contribution in [2.45, 2.75) is 76.5 Å². The zero-order chi connectivity index (χ0) is 32.2. The van der Waals surface area contributed by atoms with Crippen molar-refractivity contribution in [3.8, 4) is 5.75 Å². The van der Waals surface area contributed by atoms with Crippen molar-refractivity contribution in [2.75, 3.05) is 43.8 Å². The Balaban J connectivity index is 0.913. The first kappa shape index (κ1) is 32.4. The Morgan fingerprint density at radius 1 is 1.07 bits per heavy atom. The number of aromatic nitrogens is 4. The summed E-state index contributed by atoms with van der Waals surface area (Å²) in [6.45, 7) is 3.32. The topological polar surface area (TPSA) is 135 Å². The van der Waals surface area contributed by atoms with Crippen LogP contribution >= 0.6 is 0 Å². The van der Waals surface area contributed by atoms with Crippen molar-refractivity contribution in [1.82, 2.24) is 34.0 Å². The monoisotopic (exact) mass is 658 g/mol. The van der Waals surface area contributed by atoms with Gasteiger partial charge in [0.2, 0.25) is 17.8 Å².